The topological polar surface area (TPSA) is 147 Å². The number of allylic oxidation sites excluding steroid dienone is 2. The number of hydrogen-bond donors (Lipinski definition) is 3. The molecule has 1 unspecified atom stereocenters. The number of sulfonamides is 1. The molecule has 0 bridgehead atoms. The molecule has 0 heterocycles. The lowest BCUT2D eigenvalue weighted by Crippen LogP contribution is -2.26. The average molecular weight is 475 g/mol. The van der Waals surface area contributed by atoms with E-state index in [9.17, 15) is 32.7 Å². The van der Waals surface area contributed by atoms with Crippen molar-refractivity contribution in [2.45, 2.75) is 16.6 Å². The van der Waals surface area contributed by atoms with E-state index in [-0.39, 0.29) is 26.6 Å². The second kappa shape index (κ2) is 9.47. The second-order valence-electron chi connectivity index (χ2n) is 6.68. The van der Waals surface area contributed by atoms with Gasteiger partial charge in [-0.2, -0.15) is 0 Å². The molecule has 2 aromatic carbocycles. The number of nitrogens with one attached hydrogen (secondary N) is 2. The van der Waals surface area contributed by atoms with Crippen LogP contribution in [0.4, 0.5) is 5.69 Å². The summed E-state index contributed by atoms with van der Waals surface area (Å²) >= 11 is 0.640. The molecular weight excluding hydrogens is 456 g/mol. The van der Waals surface area contributed by atoms with Gasteiger partial charge in [-0.05, 0) is 31.3 Å². The number of carboxylic acid groups (broad SMARTS) is 1. The minimum absolute atomic E-state index is 0.00432. The minimum Gasteiger partial charge on any atom is -0.480 e. The summed E-state index contributed by atoms with van der Waals surface area (Å²) in [6.45, 7) is 0. The zero-order valence-electron chi connectivity index (χ0n) is 16.7. The van der Waals surface area contributed by atoms with Crippen LogP contribution in [0.25, 0.3) is 0 Å². The first-order valence-corrected chi connectivity index (χ1v) is 11.6. The van der Waals surface area contributed by atoms with E-state index in [0.29, 0.717) is 11.8 Å². The highest BCUT2D eigenvalue weighted by Crippen LogP contribution is 2.32. The maximum Gasteiger partial charge on any atom is 0.317 e. The second-order valence-corrected chi connectivity index (χ2v) is 9.81. The van der Waals surface area contributed by atoms with Crippen LogP contribution >= 0.6 is 11.8 Å². The number of ketones is 2. The molecular formula is C21H18N2O7S2. The van der Waals surface area contributed by atoms with Crippen molar-refractivity contribution in [2.75, 3.05) is 12.4 Å². The van der Waals surface area contributed by atoms with Crippen LogP contribution in [0.2, 0.25) is 0 Å². The van der Waals surface area contributed by atoms with Crippen molar-refractivity contribution in [3.8, 4) is 0 Å². The van der Waals surface area contributed by atoms with E-state index in [2.05, 4.69) is 10.0 Å². The van der Waals surface area contributed by atoms with Gasteiger partial charge in [-0.3, -0.25) is 19.2 Å². The lowest BCUT2D eigenvalue weighted by Gasteiger charge is -2.18. The fourth-order valence-electron chi connectivity index (χ4n) is 2.93. The predicted octanol–water partition coefficient (Wildman–Crippen LogP) is 2.07. The van der Waals surface area contributed by atoms with E-state index in [4.69, 9.17) is 0 Å². The minimum atomic E-state index is -3.63. The average Bonchev–Trinajstić information content (AvgIpc) is 2.77. The van der Waals surface area contributed by atoms with Crippen molar-refractivity contribution in [3.05, 3.63) is 70.6 Å². The van der Waals surface area contributed by atoms with E-state index < -0.39 is 45.1 Å². The Labute approximate surface area is 188 Å². The number of thioether (sulfide) groups is 1. The zero-order valence-corrected chi connectivity index (χ0v) is 18.3. The first kappa shape index (κ1) is 23.4. The quantitative estimate of drug-likeness (QED) is 0.527. The maximum atomic E-state index is 12.6. The number of carboxylic acids is 1. The molecule has 0 saturated heterocycles. The van der Waals surface area contributed by atoms with Gasteiger partial charge in [0.1, 0.15) is 5.25 Å². The fraction of sp³-hybridized carbons (Fsp3) is 0.143. The van der Waals surface area contributed by atoms with E-state index in [1.165, 1.54) is 43.4 Å². The summed E-state index contributed by atoms with van der Waals surface area (Å²) < 4.78 is 25.7. The highest BCUT2D eigenvalue weighted by molar-refractivity contribution is 8.05. The number of fused-ring (bicyclic) bond motifs is 1. The van der Waals surface area contributed by atoms with Crippen molar-refractivity contribution in [2.24, 2.45) is 0 Å². The van der Waals surface area contributed by atoms with E-state index in [1.807, 2.05) is 0 Å². The Hall–Kier alpha value is -3.28. The van der Waals surface area contributed by atoms with Crippen LogP contribution in [0.15, 0.2) is 64.4 Å². The molecule has 1 aliphatic carbocycles. The normalized spacial score (nSPS) is 14.3. The molecule has 3 N–H and O–H groups in total. The Morgan fingerprint density at radius 2 is 1.66 bits per heavy atom. The summed E-state index contributed by atoms with van der Waals surface area (Å²) in [6, 6.07) is 11.6. The van der Waals surface area contributed by atoms with Crippen LogP contribution in [-0.2, 0) is 19.6 Å². The number of hydrogen-bond acceptors (Lipinski definition) is 7. The fourth-order valence-corrected chi connectivity index (χ4v) is 4.69. The van der Waals surface area contributed by atoms with Crippen LogP contribution in [0.1, 0.15) is 27.1 Å². The summed E-state index contributed by atoms with van der Waals surface area (Å²) in [5, 5.41) is 10.7. The molecule has 32 heavy (non-hydrogen) atoms. The van der Waals surface area contributed by atoms with Crippen LogP contribution in [0, 0.1) is 0 Å². The Morgan fingerprint density at radius 1 is 1.03 bits per heavy atom. The molecule has 11 heteroatoms. The SMILES string of the molecule is CNS(=O)(=O)c1ccc(NC(=O)CC(SC2=CC(=O)c3ccccc3C2=O)C(=O)O)cc1. The highest BCUT2D eigenvalue weighted by atomic mass is 32.2. The number of benzene rings is 2. The molecule has 166 valence electrons. The first-order chi connectivity index (χ1) is 15.1. The summed E-state index contributed by atoms with van der Waals surface area (Å²) in [5.41, 5.74) is 0.708. The van der Waals surface area contributed by atoms with Crippen molar-refractivity contribution < 1.29 is 32.7 Å². The maximum absolute atomic E-state index is 12.6. The molecule has 3 rings (SSSR count). The molecule has 0 spiro atoms. The van der Waals surface area contributed by atoms with Crippen molar-refractivity contribution in [1.82, 2.24) is 4.72 Å². The lowest BCUT2D eigenvalue weighted by molar-refractivity contribution is -0.137. The molecule has 0 aromatic heterocycles. The van der Waals surface area contributed by atoms with Gasteiger partial charge in [-0.1, -0.05) is 24.3 Å². The Bertz CT molecular complexity index is 1240. The third-order valence-corrected chi connectivity index (χ3v) is 7.20. The molecule has 0 aliphatic heterocycles. The summed E-state index contributed by atoms with van der Waals surface area (Å²) in [4.78, 5) is 48.9. The van der Waals surface area contributed by atoms with Crippen molar-refractivity contribution in [3.63, 3.8) is 0 Å². The van der Waals surface area contributed by atoms with E-state index >= 15 is 0 Å². The van der Waals surface area contributed by atoms with Crippen LogP contribution in [-0.4, -0.2) is 49.3 Å². The summed E-state index contributed by atoms with van der Waals surface area (Å²) in [6.07, 6.45) is 0.612. The smallest absolute Gasteiger partial charge is 0.317 e. The van der Waals surface area contributed by atoms with Gasteiger partial charge < -0.3 is 10.4 Å². The van der Waals surface area contributed by atoms with Gasteiger partial charge >= 0.3 is 5.97 Å². The number of aliphatic carboxylic acids is 1. The van der Waals surface area contributed by atoms with E-state index in [1.54, 1.807) is 12.1 Å². The van der Waals surface area contributed by atoms with Crippen molar-refractivity contribution >= 4 is 50.9 Å². The Morgan fingerprint density at radius 3 is 2.25 bits per heavy atom. The third-order valence-electron chi connectivity index (χ3n) is 4.56. The largest absolute Gasteiger partial charge is 0.480 e. The summed E-state index contributed by atoms with van der Waals surface area (Å²) in [5.74, 6) is -2.85. The molecule has 0 saturated carbocycles. The van der Waals surface area contributed by atoms with Gasteiger partial charge in [0.15, 0.2) is 11.6 Å². The van der Waals surface area contributed by atoms with Crippen LogP contribution in [0.5, 0.6) is 0 Å². The van der Waals surface area contributed by atoms with Gasteiger partial charge in [0.25, 0.3) is 0 Å². The molecule has 1 aliphatic rings. The number of carbonyl (C=O) groups excluding carboxylic acids is 3. The molecule has 1 atom stereocenters. The summed E-state index contributed by atoms with van der Waals surface area (Å²) in [7, 11) is -2.36. The van der Waals surface area contributed by atoms with Gasteiger partial charge in [0, 0.05) is 29.3 Å². The molecule has 9 nitrogen and oxygen atoms in total. The first-order valence-electron chi connectivity index (χ1n) is 9.25. The van der Waals surface area contributed by atoms with Gasteiger partial charge in [-0.15, -0.1) is 11.8 Å². The standard InChI is InChI=1S/C21H18N2O7S2/c1-22-32(29,30)13-8-6-12(7-9-13)23-19(25)11-18(21(27)28)31-17-10-16(24)14-4-2-3-5-15(14)20(17)26/h2-10,18,22H,11H2,1H3,(H,23,25)(H,27,28). The predicted molar refractivity (Wildman–Crippen MR) is 118 cm³/mol. The van der Waals surface area contributed by atoms with Crippen LogP contribution in [0.3, 0.4) is 0 Å². The molecule has 0 radical (unpaired) electrons. The van der Waals surface area contributed by atoms with Gasteiger partial charge in [0.05, 0.1) is 9.80 Å². The number of Topliss-reactive ketones (excluding diaryl/α,β-unsaturated/α-hetero) is 1. The molecule has 1 amide bonds. The van der Waals surface area contributed by atoms with E-state index in [0.717, 1.165) is 6.08 Å². The lowest BCUT2D eigenvalue weighted by atomic mass is 9.95. The Kier molecular flexibility index (Phi) is 6.92. The van der Waals surface area contributed by atoms with Crippen molar-refractivity contribution in [1.29, 1.82) is 0 Å². The molecule has 2 aromatic rings. The number of rotatable bonds is 8. The zero-order chi connectivity index (χ0) is 23.5. The van der Waals surface area contributed by atoms with Gasteiger partial charge in [-0.25, -0.2) is 13.1 Å². The highest BCUT2D eigenvalue weighted by Gasteiger charge is 2.31. The van der Waals surface area contributed by atoms with Gasteiger partial charge in [0.2, 0.25) is 15.9 Å². The number of amides is 1. The monoisotopic (exact) mass is 474 g/mol. The Balaban J connectivity index is 1.70. The number of anilines is 1. The number of carbonyl (C=O) groups is 4. The molecule has 0 fully saturated rings. The van der Waals surface area contributed by atoms with Crippen LogP contribution < -0.4 is 10.0 Å². The third kappa shape index (κ3) is 5.13.